The standard InChI is InChI=1S/C18H13Cl2F2N3S/c1-2-23-18-25(24-9-11-3-6-15(21)16(22)7-11)17(10-26-18)13-5-4-12(19)8-14(13)20/h3-10H,2H2,1H3. The average molecular weight is 412 g/mol. The van der Waals surface area contributed by atoms with Crippen molar-refractivity contribution in [1.82, 2.24) is 4.68 Å². The second-order valence-electron chi connectivity index (χ2n) is 5.23. The van der Waals surface area contributed by atoms with Crippen molar-refractivity contribution in [2.24, 2.45) is 10.1 Å². The fraction of sp³-hybridized carbons (Fsp3) is 0.111. The van der Waals surface area contributed by atoms with E-state index in [0.29, 0.717) is 27.0 Å². The first kappa shape index (κ1) is 18.8. The van der Waals surface area contributed by atoms with Gasteiger partial charge in [0.05, 0.1) is 16.9 Å². The number of hydrogen-bond acceptors (Lipinski definition) is 3. The second kappa shape index (κ2) is 8.12. The van der Waals surface area contributed by atoms with Crippen LogP contribution in [0.1, 0.15) is 12.5 Å². The monoisotopic (exact) mass is 411 g/mol. The van der Waals surface area contributed by atoms with Crippen LogP contribution in [0.3, 0.4) is 0 Å². The van der Waals surface area contributed by atoms with Crippen molar-refractivity contribution in [3.8, 4) is 11.3 Å². The zero-order valence-corrected chi connectivity index (χ0v) is 15.9. The Labute approximate surface area is 162 Å². The highest BCUT2D eigenvalue weighted by atomic mass is 35.5. The number of halogens is 4. The molecule has 1 heterocycles. The van der Waals surface area contributed by atoms with Gasteiger partial charge in [0.15, 0.2) is 11.6 Å². The molecule has 3 rings (SSSR count). The van der Waals surface area contributed by atoms with E-state index < -0.39 is 11.6 Å². The predicted octanol–water partition coefficient (Wildman–Crippen LogP) is 5.60. The average Bonchev–Trinajstić information content (AvgIpc) is 2.99. The third kappa shape index (κ3) is 4.03. The summed E-state index contributed by atoms with van der Waals surface area (Å²) in [5.74, 6) is -1.83. The topological polar surface area (TPSA) is 29.6 Å². The van der Waals surface area contributed by atoms with Crippen molar-refractivity contribution in [2.75, 3.05) is 6.54 Å². The molecule has 1 aromatic heterocycles. The third-order valence-electron chi connectivity index (χ3n) is 3.45. The summed E-state index contributed by atoms with van der Waals surface area (Å²) in [5.41, 5.74) is 1.90. The molecular formula is C18H13Cl2F2N3S. The zero-order valence-electron chi connectivity index (χ0n) is 13.6. The van der Waals surface area contributed by atoms with Gasteiger partial charge in [0.2, 0.25) is 4.80 Å². The molecule has 0 amide bonds. The van der Waals surface area contributed by atoms with Crippen LogP contribution >= 0.6 is 34.5 Å². The van der Waals surface area contributed by atoms with Crippen molar-refractivity contribution in [3.63, 3.8) is 0 Å². The molecule has 0 radical (unpaired) electrons. The first-order chi connectivity index (χ1) is 12.5. The first-order valence-electron chi connectivity index (χ1n) is 7.65. The quantitative estimate of drug-likeness (QED) is 0.499. The van der Waals surface area contributed by atoms with Gasteiger partial charge >= 0.3 is 0 Å². The summed E-state index contributed by atoms with van der Waals surface area (Å²) >= 11 is 13.7. The Morgan fingerprint density at radius 2 is 1.92 bits per heavy atom. The van der Waals surface area contributed by atoms with E-state index in [-0.39, 0.29) is 0 Å². The van der Waals surface area contributed by atoms with Gasteiger partial charge in [0, 0.05) is 22.5 Å². The molecule has 0 bridgehead atoms. The molecule has 0 fully saturated rings. The van der Waals surface area contributed by atoms with Crippen LogP contribution < -0.4 is 4.80 Å². The minimum absolute atomic E-state index is 0.429. The summed E-state index contributed by atoms with van der Waals surface area (Å²) in [6.45, 7) is 2.49. The van der Waals surface area contributed by atoms with Crippen LogP contribution in [0.15, 0.2) is 51.9 Å². The molecule has 0 aliphatic heterocycles. The van der Waals surface area contributed by atoms with Crippen molar-refractivity contribution in [2.45, 2.75) is 6.92 Å². The molecule has 2 aromatic carbocycles. The van der Waals surface area contributed by atoms with Crippen molar-refractivity contribution in [1.29, 1.82) is 0 Å². The van der Waals surface area contributed by atoms with Gasteiger partial charge in [-0.25, -0.2) is 13.5 Å². The van der Waals surface area contributed by atoms with Crippen LogP contribution in [-0.2, 0) is 0 Å². The Hall–Kier alpha value is -2.02. The molecule has 0 saturated heterocycles. The Bertz CT molecular complexity index is 1040. The predicted molar refractivity (Wildman–Crippen MR) is 103 cm³/mol. The Morgan fingerprint density at radius 1 is 1.12 bits per heavy atom. The van der Waals surface area contributed by atoms with Gasteiger partial charge in [-0.15, -0.1) is 11.3 Å². The fourth-order valence-corrected chi connectivity index (χ4v) is 3.65. The maximum Gasteiger partial charge on any atom is 0.206 e. The highest BCUT2D eigenvalue weighted by molar-refractivity contribution is 7.07. The molecule has 0 aliphatic carbocycles. The summed E-state index contributed by atoms with van der Waals surface area (Å²) in [4.78, 5) is 5.07. The SMILES string of the molecule is CCN=c1scc(-c2ccc(Cl)cc2Cl)n1N=Cc1ccc(F)c(F)c1. The summed E-state index contributed by atoms with van der Waals surface area (Å²) in [7, 11) is 0. The highest BCUT2D eigenvalue weighted by Crippen LogP contribution is 2.30. The van der Waals surface area contributed by atoms with E-state index in [4.69, 9.17) is 23.2 Å². The lowest BCUT2D eigenvalue weighted by molar-refractivity contribution is 0.508. The normalized spacial score (nSPS) is 12.3. The first-order valence-corrected chi connectivity index (χ1v) is 9.29. The fourth-order valence-electron chi connectivity index (χ4n) is 2.25. The van der Waals surface area contributed by atoms with Crippen LogP contribution in [-0.4, -0.2) is 17.4 Å². The number of thiazole rings is 1. The molecule has 3 aromatic rings. The molecule has 0 saturated carbocycles. The molecule has 3 nitrogen and oxygen atoms in total. The minimum Gasteiger partial charge on any atom is -0.258 e. The van der Waals surface area contributed by atoms with E-state index in [1.807, 2.05) is 12.3 Å². The lowest BCUT2D eigenvalue weighted by atomic mass is 10.2. The maximum absolute atomic E-state index is 13.4. The van der Waals surface area contributed by atoms with Crippen molar-refractivity contribution in [3.05, 3.63) is 73.8 Å². The largest absolute Gasteiger partial charge is 0.258 e. The van der Waals surface area contributed by atoms with Crippen LogP contribution in [0.25, 0.3) is 11.3 Å². The summed E-state index contributed by atoms with van der Waals surface area (Å²) in [5, 5.41) is 7.29. The van der Waals surface area contributed by atoms with Crippen molar-refractivity contribution < 1.29 is 8.78 Å². The maximum atomic E-state index is 13.4. The van der Waals surface area contributed by atoms with Gasteiger partial charge in [-0.2, -0.15) is 5.10 Å². The van der Waals surface area contributed by atoms with Crippen LogP contribution in [0, 0.1) is 11.6 Å². The summed E-state index contributed by atoms with van der Waals surface area (Å²) in [6, 6.07) is 8.77. The summed E-state index contributed by atoms with van der Waals surface area (Å²) < 4.78 is 28.1. The highest BCUT2D eigenvalue weighted by Gasteiger charge is 2.11. The molecular weight excluding hydrogens is 399 g/mol. The molecule has 0 aliphatic rings. The zero-order chi connectivity index (χ0) is 18.7. The molecule has 0 unspecified atom stereocenters. The summed E-state index contributed by atoms with van der Waals surface area (Å²) in [6.07, 6.45) is 1.44. The Kier molecular flexibility index (Phi) is 5.86. The van der Waals surface area contributed by atoms with Crippen LogP contribution in [0.4, 0.5) is 8.78 Å². The van der Waals surface area contributed by atoms with Crippen molar-refractivity contribution >= 4 is 40.8 Å². The van der Waals surface area contributed by atoms with E-state index in [0.717, 1.165) is 23.4 Å². The molecule has 0 N–H and O–H groups in total. The van der Waals surface area contributed by atoms with Crippen LogP contribution in [0.5, 0.6) is 0 Å². The second-order valence-corrected chi connectivity index (χ2v) is 6.91. The third-order valence-corrected chi connectivity index (χ3v) is 4.85. The smallest absolute Gasteiger partial charge is 0.206 e. The van der Waals surface area contributed by atoms with Gasteiger partial charge in [-0.05, 0) is 42.8 Å². The van der Waals surface area contributed by atoms with Gasteiger partial charge in [-0.3, -0.25) is 4.99 Å². The number of hydrogen-bond donors (Lipinski definition) is 0. The number of aromatic nitrogens is 1. The number of rotatable bonds is 4. The van der Waals surface area contributed by atoms with Crippen LogP contribution in [0.2, 0.25) is 10.0 Å². The number of benzene rings is 2. The van der Waals surface area contributed by atoms with Gasteiger partial charge in [-0.1, -0.05) is 29.3 Å². The lowest BCUT2D eigenvalue weighted by Crippen LogP contribution is -2.12. The Balaban J connectivity index is 2.10. The van der Waals surface area contributed by atoms with E-state index in [1.165, 1.54) is 23.6 Å². The Morgan fingerprint density at radius 3 is 2.62 bits per heavy atom. The van der Waals surface area contributed by atoms with Gasteiger partial charge in [0.25, 0.3) is 0 Å². The van der Waals surface area contributed by atoms with E-state index >= 15 is 0 Å². The molecule has 0 spiro atoms. The van der Waals surface area contributed by atoms with E-state index in [1.54, 1.807) is 22.9 Å². The molecule has 0 atom stereocenters. The molecule has 134 valence electrons. The van der Waals surface area contributed by atoms with E-state index in [9.17, 15) is 8.78 Å². The van der Waals surface area contributed by atoms with Gasteiger partial charge in [0.1, 0.15) is 0 Å². The lowest BCUT2D eigenvalue weighted by Gasteiger charge is -2.06. The molecule has 8 heteroatoms. The molecule has 26 heavy (non-hydrogen) atoms. The van der Waals surface area contributed by atoms with E-state index in [2.05, 4.69) is 10.1 Å². The number of nitrogens with zero attached hydrogens (tertiary/aromatic N) is 3. The van der Waals surface area contributed by atoms with Gasteiger partial charge < -0.3 is 0 Å². The minimum atomic E-state index is -0.927.